The third kappa shape index (κ3) is 7.03. The minimum Gasteiger partial charge on any atom is -0.497 e. The summed E-state index contributed by atoms with van der Waals surface area (Å²) in [6, 6.07) is 14.0. The first kappa shape index (κ1) is 19.6. The van der Waals surface area contributed by atoms with E-state index < -0.39 is 5.97 Å². The van der Waals surface area contributed by atoms with Crippen molar-refractivity contribution in [1.82, 2.24) is 5.32 Å². The summed E-state index contributed by atoms with van der Waals surface area (Å²) in [7, 11) is 1.55. The van der Waals surface area contributed by atoms with Crippen molar-refractivity contribution in [2.75, 3.05) is 26.9 Å². The normalized spacial score (nSPS) is 10.1. The van der Waals surface area contributed by atoms with E-state index >= 15 is 0 Å². The van der Waals surface area contributed by atoms with Gasteiger partial charge in [0.25, 0.3) is 5.91 Å². The van der Waals surface area contributed by atoms with E-state index in [-0.39, 0.29) is 18.9 Å². The van der Waals surface area contributed by atoms with Crippen LogP contribution in [0.4, 0.5) is 0 Å². The summed E-state index contributed by atoms with van der Waals surface area (Å²) < 4.78 is 15.5. The quantitative estimate of drug-likeness (QED) is 0.537. The summed E-state index contributed by atoms with van der Waals surface area (Å²) in [6.07, 6.45) is 0.0736. The maximum atomic E-state index is 11.8. The molecule has 6 nitrogen and oxygen atoms in total. The van der Waals surface area contributed by atoms with E-state index in [0.717, 1.165) is 5.56 Å². The third-order valence-corrected chi connectivity index (χ3v) is 3.61. The predicted octanol–water partition coefficient (Wildman–Crippen LogP) is 2.63. The van der Waals surface area contributed by atoms with Crippen molar-refractivity contribution >= 4 is 23.5 Å². The Morgan fingerprint density at radius 3 is 2.58 bits per heavy atom. The van der Waals surface area contributed by atoms with Gasteiger partial charge in [0.15, 0.2) is 6.61 Å². The van der Waals surface area contributed by atoms with Gasteiger partial charge < -0.3 is 19.5 Å². The first-order valence-electron chi connectivity index (χ1n) is 8.00. The Labute approximate surface area is 157 Å². The van der Waals surface area contributed by atoms with Gasteiger partial charge in [0, 0.05) is 5.02 Å². The third-order valence-electron chi connectivity index (χ3n) is 3.35. The van der Waals surface area contributed by atoms with Crippen molar-refractivity contribution in [3.8, 4) is 11.5 Å². The number of ether oxygens (including phenoxy) is 3. The average molecular weight is 378 g/mol. The largest absolute Gasteiger partial charge is 0.497 e. The highest BCUT2D eigenvalue weighted by Crippen LogP contribution is 2.15. The molecule has 0 saturated heterocycles. The number of benzene rings is 2. The Morgan fingerprint density at radius 2 is 1.85 bits per heavy atom. The molecule has 2 aromatic carbocycles. The second-order valence-electron chi connectivity index (χ2n) is 5.34. The van der Waals surface area contributed by atoms with Gasteiger partial charge in [-0.05, 0) is 42.0 Å². The summed E-state index contributed by atoms with van der Waals surface area (Å²) in [5.74, 6) is 0.455. The standard InChI is InChI=1S/C19H20ClNO5/c1-24-17-4-2-3-14(11-17)12-19(23)26-13-18(22)21-9-10-25-16-7-5-15(20)6-8-16/h2-8,11H,9-10,12-13H2,1H3,(H,21,22). The zero-order chi connectivity index (χ0) is 18.8. The Morgan fingerprint density at radius 1 is 1.08 bits per heavy atom. The SMILES string of the molecule is COc1cccc(CC(=O)OCC(=O)NCCOc2ccc(Cl)cc2)c1. The van der Waals surface area contributed by atoms with E-state index in [0.29, 0.717) is 29.7 Å². The lowest BCUT2D eigenvalue weighted by Gasteiger charge is -2.09. The highest BCUT2D eigenvalue weighted by molar-refractivity contribution is 6.30. The Bertz CT molecular complexity index is 733. The Balaban J connectivity index is 1.61. The minimum atomic E-state index is -0.481. The van der Waals surface area contributed by atoms with Crippen LogP contribution in [0.3, 0.4) is 0 Å². The minimum absolute atomic E-state index is 0.0736. The molecule has 0 aliphatic rings. The molecule has 0 aliphatic heterocycles. The second-order valence-corrected chi connectivity index (χ2v) is 5.78. The summed E-state index contributed by atoms with van der Waals surface area (Å²) in [4.78, 5) is 23.5. The molecular weight excluding hydrogens is 358 g/mol. The van der Waals surface area contributed by atoms with Crippen LogP contribution in [0.5, 0.6) is 11.5 Å². The van der Waals surface area contributed by atoms with Gasteiger partial charge in [-0.1, -0.05) is 23.7 Å². The zero-order valence-electron chi connectivity index (χ0n) is 14.4. The van der Waals surface area contributed by atoms with Crippen LogP contribution in [-0.2, 0) is 20.7 Å². The van der Waals surface area contributed by atoms with Gasteiger partial charge in [0.05, 0.1) is 20.1 Å². The van der Waals surface area contributed by atoms with Crippen LogP contribution in [0.25, 0.3) is 0 Å². The van der Waals surface area contributed by atoms with E-state index in [1.807, 2.05) is 0 Å². The van der Waals surface area contributed by atoms with E-state index in [4.69, 9.17) is 25.8 Å². The number of hydrogen-bond acceptors (Lipinski definition) is 5. The molecule has 0 bridgehead atoms. The van der Waals surface area contributed by atoms with E-state index in [2.05, 4.69) is 5.32 Å². The van der Waals surface area contributed by atoms with Crippen LogP contribution < -0.4 is 14.8 Å². The fourth-order valence-corrected chi connectivity index (χ4v) is 2.21. The fraction of sp³-hybridized carbons (Fsp3) is 0.263. The molecule has 0 radical (unpaired) electrons. The molecule has 7 heteroatoms. The van der Waals surface area contributed by atoms with Crippen molar-refractivity contribution in [2.24, 2.45) is 0 Å². The van der Waals surface area contributed by atoms with E-state index in [9.17, 15) is 9.59 Å². The highest BCUT2D eigenvalue weighted by atomic mass is 35.5. The summed E-state index contributed by atoms with van der Waals surface area (Å²) in [5, 5.41) is 3.24. The number of halogens is 1. The van der Waals surface area contributed by atoms with Crippen molar-refractivity contribution in [2.45, 2.75) is 6.42 Å². The molecule has 0 spiro atoms. The second kappa shape index (κ2) is 10.3. The molecule has 0 atom stereocenters. The van der Waals surface area contributed by atoms with Gasteiger partial charge in [-0.15, -0.1) is 0 Å². The molecule has 0 heterocycles. The van der Waals surface area contributed by atoms with Crippen LogP contribution in [-0.4, -0.2) is 38.7 Å². The first-order chi connectivity index (χ1) is 12.6. The molecule has 2 aromatic rings. The number of carbonyl (C=O) groups excluding carboxylic acids is 2. The number of methoxy groups -OCH3 is 1. The molecule has 0 unspecified atom stereocenters. The van der Waals surface area contributed by atoms with Crippen LogP contribution >= 0.6 is 11.6 Å². The van der Waals surface area contributed by atoms with Crippen LogP contribution in [0.1, 0.15) is 5.56 Å². The first-order valence-corrected chi connectivity index (χ1v) is 8.38. The van der Waals surface area contributed by atoms with Gasteiger partial charge in [0.1, 0.15) is 18.1 Å². The molecule has 2 rings (SSSR count). The molecule has 0 fully saturated rings. The molecule has 1 N–H and O–H groups in total. The topological polar surface area (TPSA) is 73.9 Å². The molecule has 0 aromatic heterocycles. The molecular formula is C19H20ClNO5. The van der Waals surface area contributed by atoms with Gasteiger partial charge in [-0.25, -0.2) is 0 Å². The summed E-state index contributed by atoms with van der Waals surface area (Å²) in [6.45, 7) is 0.268. The summed E-state index contributed by atoms with van der Waals surface area (Å²) in [5.41, 5.74) is 0.756. The maximum Gasteiger partial charge on any atom is 0.310 e. The van der Waals surface area contributed by atoms with Crippen molar-refractivity contribution in [1.29, 1.82) is 0 Å². The molecule has 138 valence electrons. The van der Waals surface area contributed by atoms with Crippen molar-refractivity contribution in [3.05, 3.63) is 59.1 Å². The van der Waals surface area contributed by atoms with Crippen molar-refractivity contribution < 1.29 is 23.8 Å². The lowest BCUT2D eigenvalue weighted by Crippen LogP contribution is -2.32. The maximum absolute atomic E-state index is 11.8. The number of amides is 1. The highest BCUT2D eigenvalue weighted by Gasteiger charge is 2.09. The van der Waals surface area contributed by atoms with Crippen LogP contribution in [0.2, 0.25) is 5.02 Å². The smallest absolute Gasteiger partial charge is 0.310 e. The number of carbonyl (C=O) groups is 2. The summed E-state index contributed by atoms with van der Waals surface area (Å²) >= 11 is 5.78. The number of esters is 1. The zero-order valence-corrected chi connectivity index (χ0v) is 15.1. The van der Waals surface area contributed by atoms with Gasteiger partial charge >= 0.3 is 5.97 Å². The lowest BCUT2D eigenvalue weighted by molar-refractivity contribution is -0.147. The number of hydrogen-bond donors (Lipinski definition) is 1. The lowest BCUT2D eigenvalue weighted by atomic mass is 10.1. The van der Waals surface area contributed by atoms with E-state index in [1.54, 1.807) is 55.6 Å². The monoisotopic (exact) mass is 377 g/mol. The average Bonchev–Trinajstić information content (AvgIpc) is 2.65. The molecule has 1 amide bonds. The van der Waals surface area contributed by atoms with E-state index in [1.165, 1.54) is 0 Å². The predicted molar refractivity (Wildman–Crippen MR) is 97.6 cm³/mol. The molecule has 26 heavy (non-hydrogen) atoms. The number of nitrogens with one attached hydrogen (secondary N) is 1. The number of rotatable bonds is 9. The Kier molecular flexibility index (Phi) is 7.76. The fourth-order valence-electron chi connectivity index (χ4n) is 2.09. The van der Waals surface area contributed by atoms with Gasteiger partial charge in [-0.3, -0.25) is 9.59 Å². The van der Waals surface area contributed by atoms with Crippen molar-refractivity contribution in [3.63, 3.8) is 0 Å². The Hall–Kier alpha value is -2.73. The van der Waals surface area contributed by atoms with Crippen LogP contribution in [0, 0.1) is 0 Å². The van der Waals surface area contributed by atoms with Gasteiger partial charge in [0.2, 0.25) is 0 Å². The van der Waals surface area contributed by atoms with Gasteiger partial charge in [-0.2, -0.15) is 0 Å². The molecule has 0 aliphatic carbocycles. The molecule has 0 saturated carbocycles. The van der Waals surface area contributed by atoms with Crippen LogP contribution in [0.15, 0.2) is 48.5 Å².